The lowest BCUT2D eigenvalue weighted by Gasteiger charge is -2.34. The molecule has 7 heteroatoms. The van der Waals surface area contributed by atoms with Crippen molar-refractivity contribution in [2.24, 2.45) is 0 Å². The van der Waals surface area contributed by atoms with Crippen LogP contribution in [0.25, 0.3) is 0 Å². The molecule has 3 heterocycles. The van der Waals surface area contributed by atoms with Crippen molar-refractivity contribution in [3.05, 3.63) is 41.7 Å². The van der Waals surface area contributed by atoms with Gasteiger partial charge in [0.15, 0.2) is 0 Å². The highest BCUT2D eigenvalue weighted by molar-refractivity contribution is 5.92. The van der Waals surface area contributed by atoms with Gasteiger partial charge >= 0.3 is 0 Å². The van der Waals surface area contributed by atoms with Gasteiger partial charge in [-0.2, -0.15) is 5.10 Å². The summed E-state index contributed by atoms with van der Waals surface area (Å²) in [4.78, 5) is 22.6. The molecule has 104 valence electrons. The molecule has 0 spiro atoms. The molecule has 0 radical (unpaired) electrons. The smallest absolute Gasteiger partial charge is 0.274 e. The third kappa shape index (κ3) is 2.39. The van der Waals surface area contributed by atoms with Gasteiger partial charge in [-0.15, -0.1) is 0 Å². The first-order chi connectivity index (χ1) is 9.75. The van der Waals surface area contributed by atoms with Crippen LogP contribution in [0.2, 0.25) is 0 Å². The highest BCUT2D eigenvalue weighted by Gasteiger charge is 2.30. The van der Waals surface area contributed by atoms with Crippen LogP contribution in [-0.2, 0) is 4.74 Å². The van der Waals surface area contributed by atoms with E-state index in [1.807, 2.05) is 13.0 Å². The summed E-state index contributed by atoms with van der Waals surface area (Å²) in [7, 11) is 0. The summed E-state index contributed by atoms with van der Waals surface area (Å²) in [5.41, 5.74) is 1.99. The average Bonchev–Trinajstić information content (AvgIpc) is 3.01. The Labute approximate surface area is 116 Å². The minimum Gasteiger partial charge on any atom is -0.377 e. The first-order valence-electron chi connectivity index (χ1n) is 6.42. The van der Waals surface area contributed by atoms with Crippen molar-refractivity contribution >= 4 is 5.91 Å². The Morgan fingerprint density at radius 2 is 2.35 bits per heavy atom. The van der Waals surface area contributed by atoms with Gasteiger partial charge in [-0.3, -0.25) is 14.9 Å². The number of nitrogens with zero attached hydrogens (tertiary/aromatic N) is 4. The number of aromatic amines is 1. The van der Waals surface area contributed by atoms with E-state index in [1.165, 1.54) is 6.20 Å². The Kier molecular flexibility index (Phi) is 3.42. The zero-order valence-corrected chi connectivity index (χ0v) is 11.1. The zero-order chi connectivity index (χ0) is 13.9. The van der Waals surface area contributed by atoms with Gasteiger partial charge in [-0.05, 0) is 13.0 Å². The first-order valence-corrected chi connectivity index (χ1v) is 6.42. The van der Waals surface area contributed by atoms with Crippen molar-refractivity contribution in [1.29, 1.82) is 0 Å². The van der Waals surface area contributed by atoms with Gasteiger partial charge in [-0.1, -0.05) is 0 Å². The summed E-state index contributed by atoms with van der Waals surface area (Å²) in [5, 5.41) is 6.82. The fraction of sp³-hybridized carbons (Fsp3) is 0.385. The number of ether oxygens (including phenoxy) is 1. The number of carbonyl (C=O) groups is 1. The topological polar surface area (TPSA) is 84.0 Å². The maximum absolute atomic E-state index is 12.6. The molecule has 0 aromatic carbocycles. The van der Waals surface area contributed by atoms with E-state index in [4.69, 9.17) is 4.74 Å². The van der Waals surface area contributed by atoms with Gasteiger partial charge in [0, 0.05) is 18.9 Å². The standard InChI is InChI=1S/C13H15N5O2/c1-9-6-15-11(7-14-9)13(19)18-4-5-20-8-12(18)10-2-3-16-17-10/h2-3,6-7,12H,4-5,8H2,1H3,(H,16,17)/t12-/m1/s1. The molecule has 1 N–H and O–H groups in total. The van der Waals surface area contributed by atoms with Crippen molar-refractivity contribution < 1.29 is 9.53 Å². The first kappa shape index (κ1) is 12.7. The van der Waals surface area contributed by atoms with Gasteiger partial charge in [0.1, 0.15) is 5.69 Å². The van der Waals surface area contributed by atoms with E-state index in [0.717, 1.165) is 11.4 Å². The molecule has 1 aliphatic rings. The van der Waals surface area contributed by atoms with Gasteiger partial charge in [0.2, 0.25) is 0 Å². The summed E-state index contributed by atoms with van der Waals surface area (Å²) in [6.07, 6.45) is 4.77. The Hall–Kier alpha value is -2.28. The molecule has 3 rings (SSSR count). The number of rotatable bonds is 2. The molecule has 2 aromatic rings. The molecule has 1 atom stereocenters. The molecule has 1 aliphatic heterocycles. The van der Waals surface area contributed by atoms with E-state index in [2.05, 4.69) is 20.2 Å². The van der Waals surface area contributed by atoms with E-state index >= 15 is 0 Å². The van der Waals surface area contributed by atoms with Gasteiger partial charge in [0.25, 0.3) is 5.91 Å². The molecule has 0 bridgehead atoms. The quantitative estimate of drug-likeness (QED) is 0.871. The van der Waals surface area contributed by atoms with Crippen LogP contribution in [-0.4, -0.2) is 50.7 Å². The second kappa shape index (κ2) is 5.38. The largest absolute Gasteiger partial charge is 0.377 e. The Bertz CT molecular complexity index is 581. The van der Waals surface area contributed by atoms with E-state index < -0.39 is 0 Å². The molecular formula is C13H15N5O2. The molecule has 1 amide bonds. The van der Waals surface area contributed by atoms with Crippen molar-refractivity contribution in [1.82, 2.24) is 25.1 Å². The fourth-order valence-corrected chi connectivity index (χ4v) is 2.21. The van der Waals surface area contributed by atoms with Crippen LogP contribution in [0.5, 0.6) is 0 Å². The molecular weight excluding hydrogens is 258 g/mol. The van der Waals surface area contributed by atoms with E-state index in [9.17, 15) is 4.79 Å². The van der Waals surface area contributed by atoms with Crippen LogP contribution in [0.1, 0.15) is 27.9 Å². The lowest BCUT2D eigenvalue weighted by atomic mass is 10.1. The number of hydrogen-bond donors (Lipinski definition) is 1. The van der Waals surface area contributed by atoms with E-state index in [0.29, 0.717) is 25.5 Å². The normalized spacial score (nSPS) is 19.1. The number of amides is 1. The third-order valence-electron chi connectivity index (χ3n) is 3.27. The SMILES string of the molecule is Cc1cnc(C(=O)N2CCOC[C@@H]2c2ccn[nH]2)cn1. The van der Waals surface area contributed by atoms with Gasteiger partial charge in [0.05, 0.1) is 36.8 Å². The van der Waals surface area contributed by atoms with Crippen LogP contribution in [0, 0.1) is 6.92 Å². The number of nitrogens with one attached hydrogen (secondary N) is 1. The van der Waals surface area contributed by atoms with Crippen LogP contribution >= 0.6 is 0 Å². The molecule has 0 saturated carbocycles. The Morgan fingerprint density at radius 1 is 1.45 bits per heavy atom. The number of morpholine rings is 1. The summed E-state index contributed by atoms with van der Waals surface area (Å²) in [6.45, 7) is 3.34. The zero-order valence-electron chi connectivity index (χ0n) is 11.1. The molecule has 1 fully saturated rings. The summed E-state index contributed by atoms with van der Waals surface area (Å²) >= 11 is 0. The molecule has 1 saturated heterocycles. The number of carbonyl (C=O) groups excluding carboxylic acids is 1. The Morgan fingerprint density at radius 3 is 3.05 bits per heavy atom. The highest BCUT2D eigenvalue weighted by Crippen LogP contribution is 2.23. The minimum absolute atomic E-state index is 0.139. The molecule has 7 nitrogen and oxygen atoms in total. The van der Waals surface area contributed by atoms with Crippen molar-refractivity contribution in [3.63, 3.8) is 0 Å². The van der Waals surface area contributed by atoms with Crippen LogP contribution in [0.15, 0.2) is 24.7 Å². The number of H-pyrrole nitrogens is 1. The predicted molar refractivity (Wildman–Crippen MR) is 70.0 cm³/mol. The van der Waals surface area contributed by atoms with Gasteiger partial charge in [-0.25, -0.2) is 4.98 Å². The highest BCUT2D eigenvalue weighted by atomic mass is 16.5. The van der Waals surface area contributed by atoms with Crippen LogP contribution in [0.4, 0.5) is 0 Å². The average molecular weight is 273 g/mol. The number of aromatic nitrogens is 4. The lowest BCUT2D eigenvalue weighted by molar-refractivity contribution is -0.00424. The van der Waals surface area contributed by atoms with Crippen molar-refractivity contribution in [3.8, 4) is 0 Å². The molecule has 2 aromatic heterocycles. The second-order valence-electron chi connectivity index (χ2n) is 4.64. The third-order valence-corrected chi connectivity index (χ3v) is 3.27. The molecule has 0 unspecified atom stereocenters. The fourth-order valence-electron chi connectivity index (χ4n) is 2.21. The number of hydrogen-bond acceptors (Lipinski definition) is 5. The lowest BCUT2D eigenvalue weighted by Crippen LogP contribution is -2.43. The predicted octanol–water partition coefficient (Wildman–Crippen LogP) is 0.722. The maximum atomic E-state index is 12.6. The molecule has 0 aliphatic carbocycles. The summed E-state index contributed by atoms with van der Waals surface area (Å²) in [6, 6.07) is 1.68. The summed E-state index contributed by atoms with van der Waals surface area (Å²) < 4.78 is 5.46. The Balaban J connectivity index is 1.86. The second-order valence-corrected chi connectivity index (χ2v) is 4.64. The van der Waals surface area contributed by atoms with Crippen LogP contribution in [0.3, 0.4) is 0 Å². The van der Waals surface area contributed by atoms with Crippen molar-refractivity contribution in [2.45, 2.75) is 13.0 Å². The van der Waals surface area contributed by atoms with Crippen LogP contribution < -0.4 is 0 Å². The number of aryl methyl sites for hydroxylation is 1. The van der Waals surface area contributed by atoms with Gasteiger partial charge < -0.3 is 9.64 Å². The monoisotopic (exact) mass is 273 g/mol. The van der Waals surface area contributed by atoms with E-state index in [1.54, 1.807) is 17.3 Å². The van der Waals surface area contributed by atoms with Crippen molar-refractivity contribution in [2.75, 3.05) is 19.8 Å². The summed E-state index contributed by atoms with van der Waals surface area (Å²) in [5.74, 6) is -0.139. The minimum atomic E-state index is -0.165. The van der Waals surface area contributed by atoms with E-state index in [-0.39, 0.29) is 11.9 Å². The maximum Gasteiger partial charge on any atom is 0.274 e. The molecule has 20 heavy (non-hydrogen) atoms.